The second-order valence-electron chi connectivity index (χ2n) is 4.70. The molecule has 6 heteroatoms. The second-order valence-corrected chi connectivity index (χ2v) is 4.70. The smallest absolute Gasteiger partial charge is 0.393 e. The molecule has 0 spiro atoms. The molecule has 1 aliphatic carbocycles. The molecule has 0 bridgehead atoms. The van der Waals surface area contributed by atoms with Crippen LogP contribution in [0.1, 0.15) is 40.5 Å². The van der Waals surface area contributed by atoms with Gasteiger partial charge in [0, 0.05) is 0 Å². The van der Waals surface area contributed by atoms with E-state index in [1.54, 1.807) is 0 Å². The monoisotopic (exact) mass is 274 g/mol. The number of hydrogen-bond donors (Lipinski definition) is 1. The van der Waals surface area contributed by atoms with Crippen molar-refractivity contribution < 1.29 is 19.1 Å². The van der Waals surface area contributed by atoms with Gasteiger partial charge in [-0.25, -0.2) is 4.79 Å². The van der Waals surface area contributed by atoms with E-state index >= 15 is 0 Å². The van der Waals surface area contributed by atoms with E-state index in [1.807, 2.05) is 12.1 Å². The third kappa shape index (κ3) is 2.49. The molecule has 0 amide bonds. The molecule has 6 nitrogen and oxygen atoms in total. The highest BCUT2D eigenvalue weighted by molar-refractivity contribution is 5.81. The Balaban J connectivity index is 1.73. The van der Waals surface area contributed by atoms with Crippen LogP contribution in [0.4, 0.5) is 0 Å². The molecule has 0 radical (unpaired) electrons. The van der Waals surface area contributed by atoms with Crippen molar-refractivity contribution in [3.05, 3.63) is 41.1 Å². The van der Waals surface area contributed by atoms with Gasteiger partial charge in [0.1, 0.15) is 5.75 Å². The predicted molar refractivity (Wildman–Crippen MR) is 68.7 cm³/mol. The highest BCUT2D eigenvalue weighted by Gasteiger charge is 2.16. The molecular formula is C14H14N2O4. The van der Waals surface area contributed by atoms with Gasteiger partial charge in [-0.15, -0.1) is 10.2 Å². The third-order valence-electron chi connectivity index (χ3n) is 3.35. The van der Waals surface area contributed by atoms with Gasteiger partial charge in [0.25, 0.3) is 5.89 Å². The number of carboxylic acids is 1. The minimum absolute atomic E-state index is 0.0801. The van der Waals surface area contributed by atoms with E-state index in [1.165, 1.54) is 17.5 Å². The molecule has 20 heavy (non-hydrogen) atoms. The third-order valence-corrected chi connectivity index (χ3v) is 3.35. The minimum Gasteiger partial charge on any atom is -0.484 e. The van der Waals surface area contributed by atoms with E-state index in [2.05, 4.69) is 16.3 Å². The van der Waals surface area contributed by atoms with Crippen molar-refractivity contribution in [2.24, 2.45) is 0 Å². The Morgan fingerprint density at radius 3 is 2.95 bits per heavy atom. The molecule has 3 rings (SSSR count). The highest BCUT2D eigenvalue weighted by atomic mass is 16.5. The van der Waals surface area contributed by atoms with Gasteiger partial charge >= 0.3 is 11.9 Å². The molecule has 0 atom stereocenters. The van der Waals surface area contributed by atoms with Crippen LogP contribution in [0.25, 0.3) is 0 Å². The zero-order chi connectivity index (χ0) is 13.9. The maximum atomic E-state index is 10.6. The van der Waals surface area contributed by atoms with Gasteiger partial charge in [-0.3, -0.25) is 0 Å². The number of hydrogen-bond acceptors (Lipinski definition) is 5. The largest absolute Gasteiger partial charge is 0.484 e. The summed E-state index contributed by atoms with van der Waals surface area (Å²) in [6.45, 7) is 0.0801. The molecule has 1 N–H and O–H groups in total. The Morgan fingerprint density at radius 2 is 2.15 bits per heavy atom. The molecule has 0 unspecified atom stereocenters. The summed E-state index contributed by atoms with van der Waals surface area (Å²) in [5.74, 6) is -0.674. The van der Waals surface area contributed by atoms with E-state index < -0.39 is 11.9 Å². The molecular weight excluding hydrogens is 260 g/mol. The summed E-state index contributed by atoms with van der Waals surface area (Å²) in [7, 11) is 0. The van der Waals surface area contributed by atoms with Crippen LogP contribution < -0.4 is 4.74 Å². The maximum absolute atomic E-state index is 10.6. The van der Waals surface area contributed by atoms with Crippen molar-refractivity contribution in [3.8, 4) is 5.75 Å². The molecule has 104 valence electrons. The van der Waals surface area contributed by atoms with Crippen molar-refractivity contribution in [2.75, 3.05) is 0 Å². The first-order valence-electron chi connectivity index (χ1n) is 6.53. The average molecular weight is 274 g/mol. The summed E-state index contributed by atoms with van der Waals surface area (Å²) >= 11 is 0. The van der Waals surface area contributed by atoms with Gasteiger partial charge in [-0.1, -0.05) is 12.1 Å². The lowest BCUT2D eigenvalue weighted by atomic mass is 9.91. The van der Waals surface area contributed by atoms with Crippen LogP contribution in [0.15, 0.2) is 22.6 Å². The molecule has 2 aromatic rings. The summed E-state index contributed by atoms with van der Waals surface area (Å²) in [4.78, 5) is 10.6. The fourth-order valence-corrected chi connectivity index (χ4v) is 2.42. The van der Waals surface area contributed by atoms with Crippen molar-refractivity contribution in [2.45, 2.75) is 32.3 Å². The summed E-state index contributed by atoms with van der Waals surface area (Å²) in [5, 5.41) is 15.8. The number of fused-ring (bicyclic) bond motifs is 1. The first-order chi connectivity index (χ1) is 9.74. The van der Waals surface area contributed by atoms with Gasteiger partial charge in [-0.05, 0) is 42.9 Å². The number of carbonyl (C=O) groups is 1. The van der Waals surface area contributed by atoms with E-state index in [9.17, 15) is 4.79 Å². The summed E-state index contributed by atoms with van der Waals surface area (Å²) in [6, 6.07) is 6.01. The Hall–Kier alpha value is -2.37. The molecule has 1 heterocycles. The second kappa shape index (κ2) is 5.32. The Bertz CT molecular complexity index is 636. The summed E-state index contributed by atoms with van der Waals surface area (Å²) in [6.07, 6.45) is 4.46. The lowest BCUT2D eigenvalue weighted by Crippen LogP contribution is -2.06. The SMILES string of the molecule is O=C(O)c1nnc(COc2cccc3c2CCCC3)o1. The van der Waals surface area contributed by atoms with Crippen molar-refractivity contribution >= 4 is 5.97 Å². The van der Waals surface area contributed by atoms with Gasteiger partial charge in [-0.2, -0.15) is 0 Å². The Labute approximate surface area is 115 Å². The fraction of sp³-hybridized carbons (Fsp3) is 0.357. The van der Waals surface area contributed by atoms with E-state index in [4.69, 9.17) is 14.3 Å². The van der Waals surface area contributed by atoms with E-state index in [-0.39, 0.29) is 12.5 Å². The van der Waals surface area contributed by atoms with E-state index in [0.29, 0.717) is 0 Å². The number of rotatable bonds is 4. The van der Waals surface area contributed by atoms with Crippen LogP contribution in [0.3, 0.4) is 0 Å². The zero-order valence-electron chi connectivity index (χ0n) is 10.8. The number of ether oxygens (including phenoxy) is 1. The first-order valence-corrected chi connectivity index (χ1v) is 6.53. The lowest BCUT2D eigenvalue weighted by molar-refractivity contribution is 0.0649. The van der Waals surface area contributed by atoms with Crippen LogP contribution in [0.5, 0.6) is 5.75 Å². The van der Waals surface area contributed by atoms with Crippen LogP contribution in [0, 0.1) is 0 Å². The number of benzene rings is 1. The molecule has 0 fully saturated rings. The number of aromatic nitrogens is 2. The lowest BCUT2D eigenvalue weighted by Gasteiger charge is -2.18. The van der Waals surface area contributed by atoms with Crippen molar-refractivity contribution in [1.29, 1.82) is 0 Å². The standard InChI is InChI=1S/C14H14N2O4/c17-14(18)13-16-15-12(20-13)8-19-11-7-3-5-9-4-1-2-6-10(9)11/h3,5,7H,1-2,4,6,8H2,(H,17,18). The summed E-state index contributed by atoms with van der Waals surface area (Å²) in [5.41, 5.74) is 2.56. The number of aryl methyl sites for hydroxylation is 1. The molecule has 1 aromatic heterocycles. The predicted octanol–water partition coefficient (Wildman–Crippen LogP) is 2.23. The normalized spacial score (nSPS) is 13.8. The Morgan fingerprint density at radius 1 is 1.30 bits per heavy atom. The minimum atomic E-state index is -1.24. The van der Waals surface area contributed by atoms with Crippen molar-refractivity contribution in [3.63, 3.8) is 0 Å². The van der Waals surface area contributed by atoms with Crippen molar-refractivity contribution in [1.82, 2.24) is 10.2 Å². The van der Waals surface area contributed by atoms with Crippen LogP contribution >= 0.6 is 0 Å². The first kappa shape index (κ1) is 12.7. The van der Waals surface area contributed by atoms with Gasteiger partial charge in [0.05, 0.1) is 0 Å². The van der Waals surface area contributed by atoms with Gasteiger partial charge in [0.2, 0.25) is 0 Å². The van der Waals surface area contributed by atoms with Crippen LogP contribution in [0.2, 0.25) is 0 Å². The average Bonchev–Trinajstić information content (AvgIpc) is 2.94. The van der Waals surface area contributed by atoms with E-state index in [0.717, 1.165) is 25.0 Å². The number of carboxylic acid groups (broad SMARTS) is 1. The van der Waals surface area contributed by atoms with Gasteiger partial charge in [0.15, 0.2) is 6.61 Å². The zero-order valence-corrected chi connectivity index (χ0v) is 10.8. The molecule has 1 aliphatic rings. The fourth-order valence-electron chi connectivity index (χ4n) is 2.42. The molecule has 1 aromatic carbocycles. The summed E-state index contributed by atoms with van der Waals surface area (Å²) < 4.78 is 10.7. The van der Waals surface area contributed by atoms with Gasteiger partial charge < -0.3 is 14.3 Å². The number of aromatic carboxylic acids is 1. The quantitative estimate of drug-likeness (QED) is 0.920. The molecule has 0 saturated carbocycles. The molecule has 0 aliphatic heterocycles. The van der Waals surface area contributed by atoms with Crippen LogP contribution in [-0.2, 0) is 19.4 Å². The highest BCUT2D eigenvalue weighted by Crippen LogP contribution is 2.29. The molecule has 0 saturated heterocycles. The number of nitrogens with zero attached hydrogens (tertiary/aromatic N) is 2. The maximum Gasteiger partial charge on any atom is 0.393 e. The topological polar surface area (TPSA) is 85.5 Å². The van der Waals surface area contributed by atoms with Crippen LogP contribution in [-0.4, -0.2) is 21.3 Å². The Kier molecular flexibility index (Phi) is 3.37.